The van der Waals surface area contributed by atoms with Crippen LogP contribution in [0.5, 0.6) is 5.75 Å². The number of hydrogen-bond donors (Lipinski definition) is 0. The minimum atomic E-state index is -3.51. The summed E-state index contributed by atoms with van der Waals surface area (Å²) in [7, 11) is -0.301. The molecule has 0 saturated heterocycles. The van der Waals surface area contributed by atoms with E-state index in [1.807, 2.05) is 37.4 Å². The fourth-order valence-electron chi connectivity index (χ4n) is 2.28. The molecule has 2 aromatic carbocycles. The highest BCUT2D eigenvalue weighted by molar-refractivity contribution is 7.98. The van der Waals surface area contributed by atoms with E-state index < -0.39 is 10.0 Å². The van der Waals surface area contributed by atoms with Crippen molar-refractivity contribution in [2.24, 2.45) is 0 Å². The first-order chi connectivity index (χ1) is 10.9. The number of rotatable bonds is 6. The topological polar surface area (TPSA) is 46.6 Å². The van der Waals surface area contributed by atoms with Crippen LogP contribution < -0.4 is 4.74 Å². The summed E-state index contributed by atoms with van der Waals surface area (Å²) in [6.07, 6.45) is 1.98. The quantitative estimate of drug-likeness (QED) is 0.747. The SMILES string of the molecule is COc1cc(CN(C)S(=O)(=O)c2cccc(C)c2)ccc1SC. The molecule has 124 valence electrons. The normalized spacial score (nSPS) is 11.7. The molecular formula is C17H21NO3S2. The molecule has 0 aromatic heterocycles. The summed E-state index contributed by atoms with van der Waals surface area (Å²) >= 11 is 1.59. The number of aryl methyl sites for hydroxylation is 1. The molecular weight excluding hydrogens is 330 g/mol. The largest absolute Gasteiger partial charge is 0.496 e. The summed E-state index contributed by atoms with van der Waals surface area (Å²) in [5, 5.41) is 0. The summed E-state index contributed by atoms with van der Waals surface area (Å²) in [6, 6.07) is 12.7. The Morgan fingerprint density at radius 1 is 1.17 bits per heavy atom. The van der Waals surface area contributed by atoms with E-state index in [1.165, 1.54) is 4.31 Å². The molecule has 4 nitrogen and oxygen atoms in total. The van der Waals surface area contributed by atoms with E-state index in [0.29, 0.717) is 11.4 Å². The lowest BCUT2D eigenvalue weighted by Gasteiger charge is -2.18. The van der Waals surface area contributed by atoms with Crippen LogP contribution in [0.15, 0.2) is 52.3 Å². The van der Waals surface area contributed by atoms with Gasteiger partial charge in [0.25, 0.3) is 0 Å². The van der Waals surface area contributed by atoms with Gasteiger partial charge in [0.05, 0.1) is 12.0 Å². The monoisotopic (exact) mass is 351 g/mol. The number of hydrogen-bond acceptors (Lipinski definition) is 4. The second-order valence-electron chi connectivity index (χ2n) is 5.27. The van der Waals surface area contributed by atoms with Gasteiger partial charge in [0.1, 0.15) is 5.75 Å². The standard InChI is InChI=1S/C17H21NO3S2/c1-13-6-5-7-15(10-13)23(19,20)18(2)12-14-8-9-17(22-4)16(11-14)21-3/h5-11H,12H2,1-4H3. The highest BCUT2D eigenvalue weighted by Crippen LogP contribution is 2.29. The lowest BCUT2D eigenvalue weighted by molar-refractivity contribution is 0.402. The number of sulfonamides is 1. The molecule has 0 N–H and O–H groups in total. The zero-order chi connectivity index (χ0) is 17.0. The van der Waals surface area contributed by atoms with E-state index >= 15 is 0 Å². The van der Waals surface area contributed by atoms with Crippen LogP contribution in [0.1, 0.15) is 11.1 Å². The Balaban J connectivity index is 2.26. The van der Waals surface area contributed by atoms with Gasteiger partial charge >= 0.3 is 0 Å². The lowest BCUT2D eigenvalue weighted by Crippen LogP contribution is -2.26. The fraction of sp³-hybridized carbons (Fsp3) is 0.294. The summed E-state index contributed by atoms with van der Waals surface area (Å²) in [5.74, 6) is 0.761. The Morgan fingerprint density at radius 2 is 1.91 bits per heavy atom. The number of thioether (sulfide) groups is 1. The first-order valence-corrected chi connectivity index (χ1v) is 9.79. The van der Waals surface area contributed by atoms with Gasteiger partial charge in [0, 0.05) is 18.5 Å². The van der Waals surface area contributed by atoms with Crippen molar-refractivity contribution >= 4 is 21.8 Å². The summed E-state index contributed by atoms with van der Waals surface area (Å²) in [6.45, 7) is 2.17. The Morgan fingerprint density at radius 3 is 2.52 bits per heavy atom. The number of benzene rings is 2. The number of nitrogens with zero attached hydrogens (tertiary/aromatic N) is 1. The average Bonchev–Trinajstić information content (AvgIpc) is 2.54. The molecule has 0 saturated carbocycles. The summed E-state index contributed by atoms with van der Waals surface area (Å²) < 4.78 is 32.0. The van der Waals surface area contributed by atoms with Crippen molar-refractivity contribution in [3.05, 3.63) is 53.6 Å². The molecule has 2 aromatic rings. The van der Waals surface area contributed by atoms with Crippen LogP contribution in [0.3, 0.4) is 0 Å². The third-order valence-corrected chi connectivity index (χ3v) is 6.13. The van der Waals surface area contributed by atoms with E-state index in [9.17, 15) is 8.42 Å². The minimum absolute atomic E-state index is 0.293. The molecule has 0 heterocycles. The molecule has 0 unspecified atom stereocenters. The van der Waals surface area contributed by atoms with Gasteiger partial charge < -0.3 is 4.74 Å². The van der Waals surface area contributed by atoms with Gasteiger partial charge in [0.2, 0.25) is 10.0 Å². The van der Waals surface area contributed by atoms with Crippen molar-refractivity contribution in [3.8, 4) is 5.75 Å². The number of methoxy groups -OCH3 is 1. The molecule has 0 amide bonds. The molecule has 0 spiro atoms. The molecule has 6 heteroatoms. The average molecular weight is 351 g/mol. The molecule has 0 atom stereocenters. The molecule has 0 aliphatic rings. The van der Waals surface area contributed by atoms with Gasteiger partial charge in [-0.15, -0.1) is 11.8 Å². The van der Waals surface area contributed by atoms with Crippen LogP contribution in [0, 0.1) is 6.92 Å². The van der Waals surface area contributed by atoms with Crippen LogP contribution >= 0.6 is 11.8 Å². The van der Waals surface area contributed by atoms with E-state index in [1.54, 1.807) is 44.1 Å². The molecule has 0 aliphatic heterocycles. The maximum atomic E-state index is 12.7. The summed E-state index contributed by atoms with van der Waals surface area (Å²) in [5.41, 5.74) is 1.81. The van der Waals surface area contributed by atoms with Crippen LogP contribution in [-0.2, 0) is 16.6 Å². The molecule has 0 radical (unpaired) electrons. The first kappa shape index (κ1) is 17.8. The fourth-order valence-corrected chi connectivity index (χ4v) is 4.09. The smallest absolute Gasteiger partial charge is 0.243 e. The van der Waals surface area contributed by atoms with Gasteiger partial charge in [0.15, 0.2) is 0 Å². The van der Waals surface area contributed by atoms with Crippen molar-refractivity contribution in [2.75, 3.05) is 20.4 Å². The van der Waals surface area contributed by atoms with Crippen molar-refractivity contribution in [1.29, 1.82) is 0 Å². The Labute approximate surface area is 142 Å². The minimum Gasteiger partial charge on any atom is -0.496 e. The van der Waals surface area contributed by atoms with E-state index in [4.69, 9.17) is 4.74 Å². The zero-order valence-corrected chi connectivity index (χ0v) is 15.4. The maximum absolute atomic E-state index is 12.7. The summed E-state index contributed by atoms with van der Waals surface area (Å²) in [4.78, 5) is 1.34. The van der Waals surface area contributed by atoms with Gasteiger partial charge in [-0.1, -0.05) is 18.2 Å². The maximum Gasteiger partial charge on any atom is 0.243 e. The van der Waals surface area contributed by atoms with Crippen molar-refractivity contribution in [2.45, 2.75) is 23.3 Å². The van der Waals surface area contributed by atoms with Crippen molar-refractivity contribution in [1.82, 2.24) is 4.31 Å². The lowest BCUT2D eigenvalue weighted by atomic mass is 10.2. The van der Waals surface area contributed by atoms with E-state index in [-0.39, 0.29) is 0 Å². The predicted octanol–water partition coefficient (Wildman–Crippen LogP) is 3.55. The van der Waals surface area contributed by atoms with Gasteiger partial charge in [-0.25, -0.2) is 8.42 Å². The second kappa shape index (κ2) is 7.38. The highest BCUT2D eigenvalue weighted by Gasteiger charge is 2.21. The Hall–Kier alpha value is -1.50. The van der Waals surface area contributed by atoms with Crippen molar-refractivity contribution < 1.29 is 13.2 Å². The molecule has 0 aliphatic carbocycles. The third kappa shape index (κ3) is 4.07. The zero-order valence-electron chi connectivity index (χ0n) is 13.7. The van der Waals surface area contributed by atoms with Crippen molar-refractivity contribution in [3.63, 3.8) is 0 Å². The first-order valence-electron chi connectivity index (χ1n) is 7.12. The van der Waals surface area contributed by atoms with E-state index in [2.05, 4.69) is 0 Å². The van der Waals surface area contributed by atoms with Gasteiger partial charge in [-0.2, -0.15) is 4.31 Å². The van der Waals surface area contributed by atoms with Gasteiger partial charge in [-0.05, 0) is 48.6 Å². The van der Waals surface area contributed by atoms with Crippen LogP contribution in [0.4, 0.5) is 0 Å². The Kier molecular flexibility index (Phi) is 5.73. The number of ether oxygens (including phenoxy) is 1. The molecule has 2 rings (SSSR count). The van der Waals surface area contributed by atoms with Crippen LogP contribution in [-0.4, -0.2) is 33.1 Å². The Bertz CT molecular complexity index is 788. The predicted molar refractivity (Wildman–Crippen MR) is 94.6 cm³/mol. The molecule has 0 fully saturated rings. The second-order valence-corrected chi connectivity index (χ2v) is 8.16. The highest BCUT2D eigenvalue weighted by atomic mass is 32.2. The molecule has 0 bridgehead atoms. The van der Waals surface area contributed by atoms with Gasteiger partial charge in [-0.3, -0.25) is 0 Å². The third-order valence-electron chi connectivity index (χ3n) is 3.55. The van der Waals surface area contributed by atoms with Crippen LogP contribution in [0.25, 0.3) is 0 Å². The van der Waals surface area contributed by atoms with E-state index in [0.717, 1.165) is 21.8 Å². The van der Waals surface area contributed by atoms with Crippen LogP contribution in [0.2, 0.25) is 0 Å². The molecule has 23 heavy (non-hydrogen) atoms.